The fourth-order valence-corrected chi connectivity index (χ4v) is 1.63. The zero-order chi connectivity index (χ0) is 11.4. The van der Waals surface area contributed by atoms with E-state index in [4.69, 9.17) is 5.26 Å². The number of hydrogen-bond donors (Lipinski definition) is 1. The zero-order valence-electron chi connectivity index (χ0n) is 9.83. The molecule has 3 nitrogen and oxygen atoms in total. The highest BCUT2D eigenvalue weighted by Crippen LogP contribution is 2.10. The van der Waals surface area contributed by atoms with Gasteiger partial charge in [-0.05, 0) is 6.42 Å². The van der Waals surface area contributed by atoms with Crippen molar-refractivity contribution in [3.8, 4) is 0 Å². The highest BCUT2D eigenvalue weighted by atomic mass is 17.1. The predicted molar refractivity (Wildman–Crippen MR) is 60.6 cm³/mol. The van der Waals surface area contributed by atoms with E-state index in [0.29, 0.717) is 6.42 Å². The first-order valence-corrected chi connectivity index (χ1v) is 6.15. The molecule has 3 heteroatoms. The molecule has 0 aromatic rings. The van der Waals surface area contributed by atoms with Gasteiger partial charge in [-0.1, -0.05) is 58.3 Å². The van der Waals surface area contributed by atoms with E-state index in [1.165, 1.54) is 44.9 Å². The van der Waals surface area contributed by atoms with Gasteiger partial charge in [-0.3, -0.25) is 0 Å². The Hall–Kier alpha value is -0.570. The van der Waals surface area contributed by atoms with E-state index < -0.39 is 5.97 Å². The van der Waals surface area contributed by atoms with Crippen molar-refractivity contribution in [2.75, 3.05) is 0 Å². The van der Waals surface area contributed by atoms with Crippen LogP contribution in [0.1, 0.15) is 71.1 Å². The summed E-state index contributed by atoms with van der Waals surface area (Å²) in [6.07, 6.45) is 11.3. The zero-order valence-corrected chi connectivity index (χ0v) is 9.83. The molecule has 0 fully saturated rings. The molecule has 0 saturated carbocycles. The summed E-state index contributed by atoms with van der Waals surface area (Å²) in [6, 6.07) is 0. The van der Waals surface area contributed by atoms with Gasteiger partial charge >= 0.3 is 5.97 Å². The minimum atomic E-state index is -0.516. The van der Waals surface area contributed by atoms with Crippen molar-refractivity contribution < 1.29 is 14.9 Å². The quantitative estimate of drug-likeness (QED) is 0.342. The average Bonchev–Trinajstić information content (AvgIpc) is 2.26. The molecule has 0 spiro atoms. The van der Waals surface area contributed by atoms with Gasteiger partial charge in [-0.25, -0.2) is 4.79 Å². The van der Waals surface area contributed by atoms with Gasteiger partial charge in [-0.15, -0.1) is 0 Å². The van der Waals surface area contributed by atoms with E-state index >= 15 is 0 Å². The summed E-state index contributed by atoms with van der Waals surface area (Å²) in [5.74, 6) is -0.516. The molecule has 0 rings (SSSR count). The molecular weight excluding hydrogens is 192 g/mol. The Bertz CT molecular complexity index is 146. The van der Waals surface area contributed by atoms with Crippen LogP contribution in [0.4, 0.5) is 0 Å². The smallest absolute Gasteiger partial charge is 0.301 e. The van der Waals surface area contributed by atoms with E-state index in [0.717, 1.165) is 12.8 Å². The van der Waals surface area contributed by atoms with Crippen LogP contribution in [0.25, 0.3) is 0 Å². The molecule has 0 amide bonds. The maximum absolute atomic E-state index is 10.5. The van der Waals surface area contributed by atoms with Crippen LogP contribution in [0.5, 0.6) is 0 Å². The molecule has 0 aliphatic heterocycles. The van der Waals surface area contributed by atoms with Crippen LogP contribution in [0, 0.1) is 0 Å². The third-order valence-corrected chi connectivity index (χ3v) is 2.59. The lowest BCUT2D eigenvalue weighted by Crippen LogP contribution is -1.99. The van der Waals surface area contributed by atoms with E-state index in [2.05, 4.69) is 11.8 Å². The van der Waals surface area contributed by atoms with Crippen molar-refractivity contribution in [2.45, 2.75) is 71.1 Å². The van der Waals surface area contributed by atoms with Crippen molar-refractivity contribution in [3.63, 3.8) is 0 Å². The second-order valence-corrected chi connectivity index (χ2v) is 4.04. The van der Waals surface area contributed by atoms with Crippen molar-refractivity contribution in [1.82, 2.24) is 0 Å². The number of carbonyl (C=O) groups is 1. The highest BCUT2D eigenvalue weighted by molar-refractivity contribution is 5.68. The van der Waals surface area contributed by atoms with Gasteiger partial charge in [0.15, 0.2) is 0 Å². The largest absolute Gasteiger partial charge is 0.342 e. The highest BCUT2D eigenvalue weighted by Gasteiger charge is 2.00. The fraction of sp³-hybridized carbons (Fsp3) is 0.917. The van der Waals surface area contributed by atoms with E-state index in [-0.39, 0.29) is 0 Å². The van der Waals surface area contributed by atoms with Gasteiger partial charge < -0.3 is 4.89 Å². The summed E-state index contributed by atoms with van der Waals surface area (Å²) >= 11 is 0. The third kappa shape index (κ3) is 11.4. The Morgan fingerprint density at radius 2 is 1.40 bits per heavy atom. The Morgan fingerprint density at radius 3 is 1.87 bits per heavy atom. The topological polar surface area (TPSA) is 46.5 Å². The molecule has 0 aliphatic rings. The number of rotatable bonds is 10. The van der Waals surface area contributed by atoms with Gasteiger partial charge in [0, 0.05) is 6.42 Å². The molecule has 0 unspecified atom stereocenters. The normalized spacial score (nSPS) is 10.3. The predicted octanol–water partition coefficient (Wildman–Crippen LogP) is 3.92. The van der Waals surface area contributed by atoms with Gasteiger partial charge in [-0.2, -0.15) is 5.26 Å². The summed E-state index contributed by atoms with van der Waals surface area (Å²) in [5.41, 5.74) is 0. The van der Waals surface area contributed by atoms with Crippen LogP contribution in [-0.4, -0.2) is 11.2 Å². The minimum Gasteiger partial charge on any atom is -0.301 e. The SMILES string of the molecule is CCCCCCCCCCCC(=O)OO. The second kappa shape index (κ2) is 11.5. The molecule has 0 atom stereocenters. The Balaban J connectivity index is 2.95. The third-order valence-electron chi connectivity index (χ3n) is 2.59. The first-order valence-electron chi connectivity index (χ1n) is 6.15. The van der Waals surface area contributed by atoms with Gasteiger partial charge in [0.2, 0.25) is 0 Å². The first-order chi connectivity index (χ1) is 7.31. The van der Waals surface area contributed by atoms with E-state index in [1.54, 1.807) is 0 Å². The molecule has 1 N–H and O–H groups in total. The first kappa shape index (κ1) is 14.4. The monoisotopic (exact) mass is 216 g/mol. The lowest BCUT2D eigenvalue weighted by atomic mass is 10.1. The molecule has 15 heavy (non-hydrogen) atoms. The van der Waals surface area contributed by atoms with Crippen LogP contribution in [0.3, 0.4) is 0 Å². The number of carbonyl (C=O) groups excluding carboxylic acids is 1. The summed E-state index contributed by atoms with van der Waals surface area (Å²) in [4.78, 5) is 14.1. The fourth-order valence-electron chi connectivity index (χ4n) is 1.63. The van der Waals surface area contributed by atoms with Crippen molar-refractivity contribution >= 4 is 5.97 Å². The molecule has 0 saturated heterocycles. The van der Waals surface area contributed by atoms with Gasteiger partial charge in [0.1, 0.15) is 0 Å². The van der Waals surface area contributed by atoms with Gasteiger partial charge in [0.25, 0.3) is 0 Å². The second-order valence-electron chi connectivity index (χ2n) is 4.04. The van der Waals surface area contributed by atoms with Crippen molar-refractivity contribution in [2.24, 2.45) is 0 Å². The maximum Gasteiger partial charge on any atom is 0.342 e. The summed E-state index contributed by atoms with van der Waals surface area (Å²) in [5, 5.41) is 8.01. The minimum absolute atomic E-state index is 0.340. The number of hydrogen-bond acceptors (Lipinski definition) is 3. The van der Waals surface area contributed by atoms with Crippen LogP contribution < -0.4 is 0 Å². The molecule has 0 radical (unpaired) electrons. The van der Waals surface area contributed by atoms with Crippen LogP contribution in [-0.2, 0) is 9.68 Å². The Morgan fingerprint density at radius 1 is 0.933 bits per heavy atom. The van der Waals surface area contributed by atoms with Gasteiger partial charge in [0.05, 0.1) is 0 Å². The molecule has 0 aliphatic carbocycles. The summed E-state index contributed by atoms with van der Waals surface area (Å²) < 4.78 is 0. The number of unbranched alkanes of at least 4 members (excludes halogenated alkanes) is 8. The maximum atomic E-state index is 10.5. The van der Waals surface area contributed by atoms with Crippen LogP contribution in [0.2, 0.25) is 0 Å². The molecule has 0 heterocycles. The Kier molecular flexibility index (Phi) is 11.1. The molecule has 90 valence electrons. The van der Waals surface area contributed by atoms with Crippen molar-refractivity contribution in [3.05, 3.63) is 0 Å². The van der Waals surface area contributed by atoms with Crippen LogP contribution >= 0.6 is 0 Å². The lowest BCUT2D eigenvalue weighted by molar-refractivity contribution is -0.234. The van der Waals surface area contributed by atoms with Crippen molar-refractivity contribution in [1.29, 1.82) is 0 Å². The molecule has 0 bridgehead atoms. The standard InChI is InChI=1S/C12H24O3/c1-2-3-4-5-6-7-8-9-10-11-12(13)15-14/h14H,2-11H2,1H3. The van der Waals surface area contributed by atoms with E-state index in [9.17, 15) is 4.79 Å². The summed E-state index contributed by atoms with van der Waals surface area (Å²) in [6.45, 7) is 2.22. The Labute approximate surface area is 92.8 Å². The lowest BCUT2D eigenvalue weighted by Gasteiger charge is -2.00. The summed E-state index contributed by atoms with van der Waals surface area (Å²) in [7, 11) is 0. The molecule has 0 aromatic carbocycles. The molecule has 0 aromatic heterocycles. The van der Waals surface area contributed by atoms with E-state index in [1.807, 2.05) is 0 Å². The average molecular weight is 216 g/mol. The van der Waals surface area contributed by atoms with Crippen LogP contribution in [0.15, 0.2) is 0 Å². The molecular formula is C12H24O3.